The maximum Gasteiger partial charge on any atom is 0.0546 e. The van der Waals surface area contributed by atoms with Crippen LogP contribution in [0.3, 0.4) is 0 Å². The molecule has 0 radical (unpaired) electrons. The highest BCUT2D eigenvalue weighted by molar-refractivity contribution is 6.22. The highest BCUT2D eigenvalue weighted by Gasteiger charge is 2.19. The summed E-state index contributed by atoms with van der Waals surface area (Å²) in [6.07, 6.45) is 0. The summed E-state index contributed by atoms with van der Waals surface area (Å²) in [5, 5.41) is 12.6. The first-order valence-corrected chi connectivity index (χ1v) is 17.6. The van der Waals surface area contributed by atoms with Gasteiger partial charge in [0.1, 0.15) is 0 Å². The van der Waals surface area contributed by atoms with Crippen molar-refractivity contribution in [1.29, 1.82) is 0 Å². The number of hydrogen-bond donors (Lipinski definition) is 0. The smallest absolute Gasteiger partial charge is 0.0546 e. The molecule has 0 aliphatic carbocycles. The van der Waals surface area contributed by atoms with E-state index in [4.69, 9.17) is 0 Å². The standard InChI is InChI=1S/C50H33N/c1-2-13-34(14-3-1)37-17-10-19-40(31-37)51(49-33-39-16-5-6-21-42(39)45-23-8-9-24-47(45)49)41-20-11-18-38(32-41)43-25-12-26-48-46(43)30-29-36-28-27-35-15-4-7-22-44(35)50(36)48/h1-33H. The van der Waals surface area contributed by atoms with Crippen molar-refractivity contribution in [3.05, 3.63) is 200 Å². The van der Waals surface area contributed by atoms with Gasteiger partial charge in [-0.05, 0) is 101 Å². The van der Waals surface area contributed by atoms with Gasteiger partial charge in [0.2, 0.25) is 0 Å². The van der Waals surface area contributed by atoms with E-state index in [9.17, 15) is 0 Å². The summed E-state index contributed by atoms with van der Waals surface area (Å²) < 4.78 is 0. The number of hydrogen-bond acceptors (Lipinski definition) is 1. The van der Waals surface area contributed by atoms with E-state index >= 15 is 0 Å². The Morgan fingerprint density at radius 2 is 0.843 bits per heavy atom. The first-order valence-electron chi connectivity index (χ1n) is 17.6. The monoisotopic (exact) mass is 647 g/mol. The zero-order valence-corrected chi connectivity index (χ0v) is 28.0. The molecule has 0 saturated carbocycles. The van der Waals surface area contributed by atoms with Gasteiger partial charge in [-0.25, -0.2) is 0 Å². The maximum atomic E-state index is 2.44. The van der Waals surface area contributed by atoms with Crippen molar-refractivity contribution in [2.75, 3.05) is 4.90 Å². The summed E-state index contributed by atoms with van der Waals surface area (Å²) in [5.74, 6) is 0. The lowest BCUT2D eigenvalue weighted by Crippen LogP contribution is -2.11. The van der Waals surface area contributed by atoms with Crippen LogP contribution < -0.4 is 4.90 Å². The number of benzene rings is 10. The third-order valence-corrected chi connectivity index (χ3v) is 10.4. The third-order valence-electron chi connectivity index (χ3n) is 10.4. The fourth-order valence-corrected chi connectivity index (χ4v) is 8.03. The lowest BCUT2D eigenvalue weighted by atomic mass is 9.92. The molecule has 0 spiro atoms. The third kappa shape index (κ3) is 4.94. The molecule has 0 atom stereocenters. The lowest BCUT2D eigenvalue weighted by Gasteiger charge is -2.28. The summed E-state index contributed by atoms with van der Waals surface area (Å²) in [6, 6.07) is 73.1. The molecule has 0 heterocycles. The van der Waals surface area contributed by atoms with E-state index in [2.05, 4.69) is 205 Å². The minimum Gasteiger partial charge on any atom is -0.310 e. The predicted octanol–water partition coefficient (Wildman–Crippen LogP) is 14.3. The van der Waals surface area contributed by atoms with Gasteiger partial charge in [0, 0.05) is 16.8 Å². The quantitative estimate of drug-likeness (QED) is 0.168. The highest BCUT2D eigenvalue weighted by Crippen LogP contribution is 2.44. The molecular weight excluding hydrogens is 615 g/mol. The Hall–Kier alpha value is -6.70. The number of rotatable bonds is 5. The second-order valence-electron chi connectivity index (χ2n) is 13.3. The molecule has 0 fully saturated rings. The van der Waals surface area contributed by atoms with Gasteiger partial charge < -0.3 is 4.90 Å². The summed E-state index contributed by atoms with van der Waals surface area (Å²) in [4.78, 5) is 2.44. The molecule has 1 nitrogen and oxygen atoms in total. The van der Waals surface area contributed by atoms with E-state index < -0.39 is 0 Å². The van der Waals surface area contributed by atoms with Gasteiger partial charge in [-0.1, -0.05) is 170 Å². The first kappa shape index (κ1) is 29.2. The van der Waals surface area contributed by atoms with Crippen LogP contribution in [0.1, 0.15) is 0 Å². The number of fused-ring (bicyclic) bond motifs is 8. The molecule has 0 aromatic heterocycles. The SMILES string of the molecule is c1ccc(-c2cccc(N(c3cccc(-c4cccc5c4ccc4ccc6ccccc6c45)c3)c3cc4ccccc4c4ccccc34)c2)cc1. The molecule has 10 aromatic rings. The maximum absolute atomic E-state index is 2.44. The van der Waals surface area contributed by atoms with Crippen LogP contribution in [-0.4, -0.2) is 0 Å². The van der Waals surface area contributed by atoms with E-state index in [1.54, 1.807) is 0 Å². The van der Waals surface area contributed by atoms with E-state index in [1.807, 2.05) is 0 Å². The molecule has 0 amide bonds. The van der Waals surface area contributed by atoms with Crippen LogP contribution in [0.4, 0.5) is 17.1 Å². The van der Waals surface area contributed by atoms with Gasteiger partial charge in [-0.2, -0.15) is 0 Å². The molecule has 0 bridgehead atoms. The molecule has 0 aliphatic heterocycles. The summed E-state index contributed by atoms with van der Waals surface area (Å²) in [5.41, 5.74) is 8.18. The van der Waals surface area contributed by atoms with Crippen LogP contribution in [0, 0.1) is 0 Å². The van der Waals surface area contributed by atoms with Crippen molar-refractivity contribution in [2.24, 2.45) is 0 Å². The van der Waals surface area contributed by atoms with Crippen LogP contribution in [0.5, 0.6) is 0 Å². The van der Waals surface area contributed by atoms with Crippen molar-refractivity contribution < 1.29 is 0 Å². The van der Waals surface area contributed by atoms with Gasteiger partial charge in [0.15, 0.2) is 0 Å². The molecule has 0 unspecified atom stereocenters. The van der Waals surface area contributed by atoms with E-state index in [1.165, 1.54) is 76.1 Å². The van der Waals surface area contributed by atoms with E-state index in [-0.39, 0.29) is 0 Å². The zero-order valence-electron chi connectivity index (χ0n) is 28.0. The van der Waals surface area contributed by atoms with Crippen LogP contribution in [-0.2, 0) is 0 Å². The largest absolute Gasteiger partial charge is 0.310 e. The minimum absolute atomic E-state index is 1.11. The van der Waals surface area contributed by atoms with Gasteiger partial charge in [-0.3, -0.25) is 0 Å². The van der Waals surface area contributed by atoms with Crippen LogP contribution in [0.25, 0.3) is 76.1 Å². The Kier molecular flexibility index (Phi) is 6.89. The van der Waals surface area contributed by atoms with Gasteiger partial charge in [0.05, 0.1) is 5.69 Å². The molecular formula is C50H33N. The summed E-state index contributed by atoms with van der Waals surface area (Å²) in [6.45, 7) is 0. The summed E-state index contributed by atoms with van der Waals surface area (Å²) in [7, 11) is 0. The summed E-state index contributed by atoms with van der Waals surface area (Å²) >= 11 is 0. The highest BCUT2D eigenvalue weighted by atomic mass is 15.1. The molecule has 238 valence electrons. The topological polar surface area (TPSA) is 3.24 Å². The van der Waals surface area contributed by atoms with Crippen LogP contribution in [0.15, 0.2) is 200 Å². The van der Waals surface area contributed by atoms with Crippen molar-refractivity contribution in [1.82, 2.24) is 0 Å². The first-order chi connectivity index (χ1) is 25.3. The van der Waals surface area contributed by atoms with Crippen LogP contribution >= 0.6 is 0 Å². The Balaban J connectivity index is 1.22. The normalized spacial score (nSPS) is 11.5. The van der Waals surface area contributed by atoms with E-state index in [0.29, 0.717) is 0 Å². The molecule has 0 aliphatic rings. The lowest BCUT2D eigenvalue weighted by molar-refractivity contribution is 1.30. The fourth-order valence-electron chi connectivity index (χ4n) is 8.03. The molecule has 10 rings (SSSR count). The Bertz CT molecular complexity index is 2920. The van der Waals surface area contributed by atoms with Crippen molar-refractivity contribution in [3.8, 4) is 22.3 Å². The van der Waals surface area contributed by atoms with Crippen LogP contribution in [0.2, 0.25) is 0 Å². The Morgan fingerprint density at radius 1 is 0.275 bits per heavy atom. The average molecular weight is 648 g/mol. The molecule has 10 aromatic carbocycles. The zero-order chi connectivity index (χ0) is 33.7. The predicted molar refractivity (Wildman–Crippen MR) is 220 cm³/mol. The molecule has 0 saturated heterocycles. The van der Waals surface area contributed by atoms with Gasteiger partial charge in [-0.15, -0.1) is 0 Å². The second-order valence-corrected chi connectivity index (χ2v) is 13.3. The second kappa shape index (κ2) is 12.0. The van der Waals surface area contributed by atoms with Gasteiger partial charge >= 0.3 is 0 Å². The van der Waals surface area contributed by atoms with Crippen molar-refractivity contribution in [3.63, 3.8) is 0 Å². The average Bonchev–Trinajstić information content (AvgIpc) is 3.21. The van der Waals surface area contributed by atoms with Gasteiger partial charge in [0.25, 0.3) is 0 Å². The molecule has 1 heteroatoms. The minimum atomic E-state index is 1.11. The number of anilines is 3. The van der Waals surface area contributed by atoms with Crippen molar-refractivity contribution in [2.45, 2.75) is 0 Å². The van der Waals surface area contributed by atoms with Crippen molar-refractivity contribution >= 4 is 70.9 Å². The number of nitrogens with zero attached hydrogens (tertiary/aromatic N) is 1. The molecule has 51 heavy (non-hydrogen) atoms. The molecule has 0 N–H and O–H groups in total. The fraction of sp³-hybridized carbons (Fsp3) is 0. The Labute approximate surface area is 297 Å². The van der Waals surface area contributed by atoms with E-state index in [0.717, 1.165) is 17.1 Å². The Morgan fingerprint density at radius 3 is 1.67 bits per heavy atom.